The number of hydrogen-bond acceptors (Lipinski definition) is 8. The average Bonchev–Trinajstić information content (AvgIpc) is 3.51. The molecule has 36 heavy (non-hydrogen) atoms. The molecule has 190 valence electrons. The van der Waals surface area contributed by atoms with Crippen LogP contribution in [-0.2, 0) is 0 Å². The highest BCUT2D eigenvalue weighted by Crippen LogP contribution is 2.26. The molecule has 2 aromatic heterocycles. The van der Waals surface area contributed by atoms with Crippen molar-refractivity contribution in [2.24, 2.45) is 0 Å². The van der Waals surface area contributed by atoms with Gasteiger partial charge in [-0.2, -0.15) is 0 Å². The van der Waals surface area contributed by atoms with Crippen molar-refractivity contribution in [2.45, 2.75) is 25.9 Å². The van der Waals surface area contributed by atoms with Gasteiger partial charge in [-0.1, -0.05) is 6.07 Å². The summed E-state index contributed by atoms with van der Waals surface area (Å²) in [4.78, 5) is 38.7. The minimum Gasteiger partial charge on any atom is -0.497 e. The van der Waals surface area contributed by atoms with Crippen LogP contribution in [0, 0.1) is 0 Å². The second-order valence-corrected chi connectivity index (χ2v) is 9.03. The lowest BCUT2D eigenvalue weighted by Crippen LogP contribution is -2.40. The molecule has 0 aliphatic rings. The monoisotopic (exact) mass is 492 g/mol. The van der Waals surface area contributed by atoms with Crippen LogP contribution in [0.15, 0.2) is 49.1 Å². The molecule has 0 saturated carbocycles. The fraction of sp³-hybridized carbons (Fsp3) is 0.385. The summed E-state index contributed by atoms with van der Waals surface area (Å²) in [6.45, 7) is 4.53. The van der Waals surface area contributed by atoms with Crippen molar-refractivity contribution in [3.05, 3.63) is 49.1 Å². The Balaban J connectivity index is 1.45. The first-order chi connectivity index (χ1) is 17.2. The van der Waals surface area contributed by atoms with Crippen molar-refractivity contribution >= 4 is 33.9 Å². The molecule has 0 amide bonds. The van der Waals surface area contributed by atoms with Crippen LogP contribution in [0.4, 0.5) is 0 Å². The lowest BCUT2D eigenvalue weighted by molar-refractivity contribution is 0.0768. The van der Waals surface area contributed by atoms with Crippen molar-refractivity contribution in [3.8, 4) is 11.5 Å². The molecular formula is C26H32N6O4. The fourth-order valence-electron chi connectivity index (χ4n) is 3.91. The van der Waals surface area contributed by atoms with Crippen molar-refractivity contribution in [1.29, 1.82) is 0 Å². The highest BCUT2D eigenvalue weighted by Gasteiger charge is 2.23. The van der Waals surface area contributed by atoms with E-state index < -0.39 is 6.04 Å². The van der Waals surface area contributed by atoms with Crippen LogP contribution < -0.4 is 9.47 Å². The predicted molar refractivity (Wildman–Crippen MR) is 138 cm³/mol. The van der Waals surface area contributed by atoms with E-state index in [0.29, 0.717) is 41.2 Å². The maximum absolute atomic E-state index is 13.2. The third-order valence-corrected chi connectivity index (χ3v) is 6.61. The van der Waals surface area contributed by atoms with E-state index in [0.717, 1.165) is 5.52 Å². The molecule has 0 aliphatic heterocycles. The highest BCUT2D eigenvalue weighted by atomic mass is 16.5. The van der Waals surface area contributed by atoms with Gasteiger partial charge in [-0.05, 0) is 59.3 Å². The summed E-state index contributed by atoms with van der Waals surface area (Å²) in [5.74, 6) is 1.05. The molecule has 0 unspecified atom stereocenters. The first-order valence-corrected chi connectivity index (χ1v) is 11.8. The lowest BCUT2D eigenvalue weighted by atomic mass is 10.2. The topological polar surface area (TPSA) is 94.7 Å². The number of carbonyl (C=O) groups excluding carboxylic acids is 2. The number of hydrogen-bond donors (Lipinski definition) is 0. The van der Waals surface area contributed by atoms with E-state index in [1.54, 1.807) is 28.6 Å². The maximum Gasteiger partial charge on any atom is 0.249 e. The van der Waals surface area contributed by atoms with Crippen LogP contribution >= 0.6 is 0 Å². The summed E-state index contributed by atoms with van der Waals surface area (Å²) in [5.41, 5.74) is 2.76. The fourth-order valence-corrected chi connectivity index (χ4v) is 3.91. The number of rotatable bonds is 9. The molecule has 0 radical (unpaired) electrons. The Morgan fingerprint density at radius 2 is 1.64 bits per heavy atom. The van der Waals surface area contributed by atoms with Gasteiger partial charge in [0.25, 0.3) is 0 Å². The van der Waals surface area contributed by atoms with Crippen LogP contribution in [-0.4, -0.2) is 94.2 Å². The molecule has 10 nitrogen and oxygen atoms in total. The molecule has 0 saturated heterocycles. The number of ether oxygens (including phenoxy) is 2. The molecule has 0 aliphatic carbocycles. The Hall–Kier alpha value is -3.76. The van der Waals surface area contributed by atoms with Gasteiger partial charge >= 0.3 is 0 Å². The Kier molecular flexibility index (Phi) is 7.37. The number of aromatic nitrogens is 4. The molecule has 4 aromatic rings. The number of imidazole rings is 2. The Morgan fingerprint density at radius 3 is 2.36 bits per heavy atom. The number of carbonyl (C=O) groups is 2. The number of likely N-dealkylation sites (N-methyl/N-ethyl adjacent to an activating group) is 2. The Labute approximate surface area is 210 Å². The molecule has 2 aromatic carbocycles. The smallest absolute Gasteiger partial charge is 0.249 e. The largest absolute Gasteiger partial charge is 0.497 e. The lowest BCUT2D eigenvalue weighted by Gasteiger charge is -2.24. The second-order valence-electron chi connectivity index (χ2n) is 9.03. The van der Waals surface area contributed by atoms with Crippen LogP contribution in [0.1, 0.15) is 23.4 Å². The summed E-state index contributed by atoms with van der Waals surface area (Å²) in [6, 6.07) is 10.3. The summed E-state index contributed by atoms with van der Waals surface area (Å²) < 4.78 is 14.5. The molecule has 0 spiro atoms. The summed E-state index contributed by atoms with van der Waals surface area (Å²) in [5, 5.41) is 0. The zero-order valence-corrected chi connectivity index (χ0v) is 21.5. The molecule has 2 atom stereocenters. The number of benzene rings is 2. The summed E-state index contributed by atoms with van der Waals surface area (Å²) >= 11 is 0. The van der Waals surface area contributed by atoms with E-state index in [1.165, 1.54) is 6.33 Å². The first-order valence-electron chi connectivity index (χ1n) is 11.8. The van der Waals surface area contributed by atoms with Crippen molar-refractivity contribution in [2.75, 3.05) is 41.4 Å². The Bertz CT molecular complexity index is 1390. The van der Waals surface area contributed by atoms with Crippen molar-refractivity contribution in [3.63, 3.8) is 0 Å². The van der Waals surface area contributed by atoms with Crippen LogP contribution in [0.2, 0.25) is 0 Å². The molecule has 0 N–H and O–H groups in total. The van der Waals surface area contributed by atoms with Gasteiger partial charge in [0.1, 0.15) is 36.3 Å². The molecule has 2 heterocycles. The zero-order valence-electron chi connectivity index (χ0n) is 21.5. The van der Waals surface area contributed by atoms with E-state index in [2.05, 4.69) is 9.97 Å². The van der Waals surface area contributed by atoms with Crippen molar-refractivity contribution < 1.29 is 19.1 Å². The average molecular weight is 493 g/mol. The van der Waals surface area contributed by atoms with Crippen LogP contribution in [0.5, 0.6) is 11.5 Å². The van der Waals surface area contributed by atoms with E-state index in [9.17, 15) is 9.59 Å². The third-order valence-electron chi connectivity index (χ3n) is 6.61. The number of nitrogens with zero attached hydrogens (tertiary/aromatic N) is 6. The predicted octanol–water partition coefficient (Wildman–Crippen LogP) is 3.02. The minimum atomic E-state index is -0.416. The minimum absolute atomic E-state index is 0.0842. The van der Waals surface area contributed by atoms with Gasteiger partial charge < -0.3 is 9.47 Å². The molecule has 0 fully saturated rings. The standard InChI is InChI=1S/C26H32N6O4/c1-17(29(3)4)25(33)32-16-28-21-8-7-9-23(24(21)32)36-13-12-30(5)18(2)26(34)31-15-27-20-11-10-19(35-6)14-22(20)31/h7-11,14-18H,12-13H2,1-6H3/t17-,18-/m0/s1. The quantitative estimate of drug-likeness (QED) is 0.352. The Morgan fingerprint density at radius 1 is 0.944 bits per heavy atom. The first kappa shape index (κ1) is 25.3. The van der Waals surface area contributed by atoms with E-state index in [-0.39, 0.29) is 17.9 Å². The van der Waals surface area contributed by atoms with Gasteiger partial charge in [-0.25, -0.2) is 9.97 Å². The highest BCUT2D eigenvalue weighted by molar-refractivity contribution is 5.95. The number of para-hydroxylation sites is 1. The van der Waals surface area contributed by atoms with Crippen LogP contribution in [0.3, 0.4) is 0 Å². The van der Waals surface area contributed by atoms with E-state index in [4.69, 9.17) is 9.47 Å². The SMILES string of the molecule is COc1ccc2ncn(C(=O)[C@H](C)N(C)CCOc3cccc4ncn(C(=O)[C@H](C)N(C)C)c34)c2c1. The van der Waals surface area contributed by atoms with Gasteiger partial charge in [0.15, 0.2) is 0 Å². The molecule has 0 bridgehead atoms. The van der Waals surface area contributed by atoms with E-state index in [1.807, 2.05) is 75.1 Å². The number of methoxy groups -OCH3 is 1. The second kappa shape index (κ2) is 10.5. The van der Waals surface area contributed by atoms with Gasteiger partial charge in [-0.3, -0.25) is 28.5 Å². The molecule has 10 heteroatoms. The molecule has 4 rings (SSSR count). The maximum atomic E-state index is 13.2. The van der Waals surface area contributed by atoms with Gasteiger partial charge in [0.05, 0.1) is 35.7 Å². The van der Waals surface area contributed by atoms with E-state index >= 15 is 0 Å². The van der Waals surface area contributed by atoms with Gasteiger partial charge in [0.2, 0.25) is 11.8 Å². The number of fused-ring (bicyclic) bond motifs is 2. The van der Waals surface area contributed by atoms with Crippen molar-refractivity contribution in [1.82, 2.24) is 28.9 Å². The summed E-state index contributed by atoms with van der Waals surface area (Å²) in [7, 11) is 7.19. The normalized spacial score (nSPS) is 13.4. The van der Waals surface area contributed by atoms with Gasteiger partial charge in [0, 0.05) is 12.6 Å². The molecular weight excluding hydrogens is 460 g/mol. The summed E-state index contributed by atoms with van der Waals surface area (Å²) in [6.07, 6.45) is 3.08. The third kappa shape index (κ3) is 4.82. The van der Waals surface area contributed by atoms with Gasteiger partial charge in [-0.15, -0.1) is 0 Å². The zero-order chi connectivity index (χ0) is 26.0. The van der Waals surface area contributed by atoms with Crippen LogP contribution in [0.25, 0.3) is 22.1 Å².